The molecule has 56 heavy (non-hydrogen) atoms. The summed E-state index contributed by atoms with van der Waals surface area (Å²) < 4.78 is 77.1. The number of amides is 1. The van der Waals surface area contributed by atoms with E-state index in [1.165, 1.54) is 13.2 Å². The van der Waals surface area contributed by atoms with Crippen molar-refractivity contribution in [3.63, 3.8) is 0 Å². The van der Waals surface area contributed by atoms with Crippen molar-refractivity contribution in [3.05, 3.63) is 88.0 Å². The highest BCUT2D eigenvalue weighted by atomic mass is 19.4. The van der Waals surface area contributed by atoms with E-state index in [1.54, 1.807) is 47.4 Å². The minimum absolute atomic E-state index is 0.0139. The van der Waals surface area contributed by atoms with Crippen LogP contribution in [0.5, 0.6) is 11.8 Å². The van der Waals surface area contributed by atoms with Crippen LogP contribution in [-0.2, 0) is 30.5 Å². The van der Waals surface area contributed by atoms with Crippen molar-refractivity contribution >= 4 is 17.0 Å². The lowest BCUT2D eigenvalue weighted by Crippen LogP contribution is -2.35. The number of ether oxygens (including phenoxy) is 2. The van der Waals surface area contributed by atoms with E-state index in [1.807, 2.05) is 0 Å². The average molecular weight is 772 g/mol. The number of aliphatic hydroxyl groups excluding tert-OH is 1. The minimum atomic E-state index is -4.88. The smallest absolute Gasteiger partial charge is 0.438 e. The largest absolute Gasteiger partial charge is 0.480 e. The van der Waals surface area contributed by atoms with Crippen molar-refractivity contribution in [2.45, 2.75) is 69.6 Å². The highest BCUT2D eigenvalue weighted by Gasteiger charge is 2.41. The Bertz CT molecular complexity index is 2360. The van der Waals surface area contributed by atoms with Crippen LogP contribution in [0.15, 0.2) is 52.9 Å². The third-order valence-electron chi connectivity index (χ3n) is 10.4. The van der Waals surface area contributed by atoms with Gasteiger partial charge in [-0.1, -0.05) is 30.3 Å². The topological polar surface area (TPSA) is 159 Å². The molecule has 0 unspecified atom stereocenters. The second-order valence-electron chi connectivity index (χ2n) is 14.3. The van der Waals surface area contributed by atoms with Gasteiger partial charge in [-0.3, -0.25) is 9.69 Å². The first-order valence-corrected chi connectivity index (χ1v) is 18.3. The summed E-state index contributed by atoms with van der Waals surface area (Å²) >= 11 is 0. The van der Waals surface area contributed by atoms with Gasteiger partial charge in [0.05, 0.1) is 24.3 Å². The van der Waals surface area contributed by atoms with Gasteiger partial charge in [-0.2, -0.15) is 23.4 Å². The van der Waals surface area contributed by atoms with Gasteiger partial charge >= 0.3 is 6.18 Å². The molecule has 16 heteroatoms. The van der Waals surface area contributed by atoms with E-state index in [2.05, 4.69) is 31.7 Å². The van der Waals surface area contributed by atoms with Gasteiger partial charge < -0.3 is 29.6 Å². The van der Waals surface area contributed by atoms with Gasteiger partial charge in [0.15, 0.2) is 5.58 Å². The van der Waals surface area contributed by atoms with Crippen molar-refractivity contribution in [2.24, 2.45) is 0 Å². The predicted octanol–water partition coefficient (Wildman–Crippen LogP) is 5.99. The molecule has 0 bridgehead atoms. The molecule has 0 saturated carbocycles. The van der Waals surface area contributed by atoms with Crippen molar-refractivity contribution in [1.82, 2.24) is 30.5 Å². The number of likely N-dealkylation sites (tertiary alicyclic amines) is 1. The number of halogens is 4. The lowest BCUT2D eigenvalue weighted by atomic mass is 9.95. The normalized spacial score (nSPS) is 19.7. The van der Waals surface area contributed by atoms with Gasteiger partial charge in [0.2, 0.25) is 29.3 Å². The summed E-state index contributed by atoms with van der Waals surface area (Å²) in [7, 11) is 1.30. The predicted molar refractivity (Wildman–Crippen MR) is 194 cm³/mol. The first-order valence-electron chi connectivity index (χ1n) is 18.3. The van der Waals surface area contributed by atoms with Gasteiger partial charge in [0, 0.05) is 50.7 Å². The molecule has 1 aliphatic carbocycles. The molecule has 5 aromatic rings. The van der Waals surface area contributed by atoms with Crippen molar-refractivity contribution in [1.29, 1.82) is 5.26 Å². The molecule has 2 aliphatic heterocycles. The maximum atomic E-state index is 16.6. The van der Waals surface area contributed by atoms with E-state index in [9.17, 15) is 28.3 Å². The summed E-state index contributed by atoms with van der Waals surface area (Å²) in [6.45, 7) is 1.80. The molecule has 290 valence electrons. The number of rotatable bonds is 11. The number of benzene rings is 3. The number of carbonyl (C=O) groups excluding carboxylic acids is 1. The fourth-order valence-electron chi connectivity index (χ4n) is 7.78. The Morgan fingerprint density at radius 2 is 1.86 bits per heavy atom. The van der Waals surface area contributed by atoms with Crippen LogP contribution in [0.2, 0.25) is 0 Å². The zero-order valence-electron chi connectivity index (χ0n) is 30.3. The Hall–Kier alpha value is -5.63. The number of fused-ring (bicyclic) bond motifs is 2. The average Bonchev–Trinajstić information content (AvgIpc) is 3.99. The highest BCUT2D eigenvalue weighted by Crippen LogP contribution is 2.44. The Labute approximate surface area is 318 Å². The molecule has 3 aromatic carbocycles. The Morgan fingerprint density at radius 1 is 1.05 bits per heavy atom. The molecular formula is C40H37F4N7O5. The van der Waals surface area contributed by atoms with Gasteiger partial charge in [0.25, 0.3) is 0 Å². The van der Waals surface area contributed by atoms with E-state index in [0.29, 0.717) is 74.1 Å². The number of nitriles is 1. The summed E-state index contributed by atoms with van der Waals surface area (Å²) in [4.78, 5) is 25.9. The number of hydrogen-bond donors (Lipinski definition) is 3. The summed E-state index contributed by atoms with van der Waals surface area (Å²) in [6, 6.07) is 15.6. The number of methoxy groups -OCH3 is 1. The number of nitrogens with one attached hydrogen (secondary N) is 2. The van der Waals surface area contributed by atoms with E-state index in [-0.39, 0.29) is 58.2 Å². The number of aliphatic hydroxyl groups is 1. The molecular weight excluding hydrogens is 734 g/mol. The quantitative estimate of drug-likeness (QED) is 0.136. The Balaban J connectivity index is 1.06. The van der Waals surface area contributed by atoms with Crippen LogP contribution < -0.4 is 20.1 Å². The number of carbonyl (C=O) groups is 1. The molecule has 2 aromatic heterocycles. The number of nitrogens with zero attached hydrogens (tertiary/aromatic N) is 5. The molecule has 8 rings (SSSR count). The van der Waals surface area contributed by atoms with E-state index in [0.717, 1.165) is 12.0 Å². The molecule has 0 radical (unpaired) electrons. The molecule has 0 spiro atoms. The fraction of sp³-hybridized carbons (Fsp3) is 0.375. The Kier molecular flexibility index (Phi) is 10.1. The standard InChI is InChI=1S/C40H37F4N7O5/c1-54-38-31(20-51-13-12-24(52)19-51)48-36(40(42,43)44)39(50-38)55-32-10-9-26-25(4-2-5-27(26)32)28-6-3-7-29(34(28)41)37-49-30-15-21(14-22(16-45)35(30)56-37)17-46-18-23-8-11-33(53)47-23/h2-7,14-15,23-24,32,46,52H,8-13,17-20H2,1H3,(H,47,53)/t23-,24+,32+/m0/s1. The molecule has 12 nitrogen and oxygen atoms in total. The minimum Gasteiger partial charge on any atom is -0.480 e. The number of oxazole rings is 1. The van der Waals surface area contributed by atoms with Crippen LogP contribution in [0.4, 0.5) is 17.6 Å². The summed E-state index contributed by atoms with van der Waals surface area (Å²) in [5, 5.41) is 26.0. The zero-order chi connectivity index (χ0) is 39.1. The maximum Gasteiger partial charge on any atom is 0.438 e. The first-order chi connectivity index (χ1) is 27.0. The van der Waals surface area contributed by atoms with Gasteiger partial charge in [-0.15, -0.1) is 0 Å². The second-order valence-corrected chi connectivity index (χ2v) is 14.3. The fourth-order valence-corrected chi connectivity index (χ4v) is 7.78. The SMILES string of the molecule is COc1nc(O[C@@H]2CCc3c(-c4cccc(-c5nc6cc(CNC[C@@H]7CCC(=O)N7)cc(C#N)c6o5)c4F)cccc32)c(C(F)(F)F)nc1CN1CC[C@@H](O)C1. The van der Waals surface area contributed by atoms with Crippen LogP contribution in [0, 0.1) is 17.1 Å². The second kappa shape index (κ2) is 15.1. The lowest BCUT2D eigenvalue weighted by molar-refractivity contribution is -0.143. The molecule has 3 aliphatic rings. The number of aromatic nitrogens is 3. The lowest BCUT2D eigenvalue weighted by Gasteiger charge is -2.21. The van der Waals surface area contributed by atoms with Crippen LogP contribution in [-0.4, -0.2) is 69.8 Å². The third-order valence-corrected chi connectivity index (χ3v) is 10.4. The number of β-amino-alcohol motifs (C(OH)–C–C–N with tert-alkyl or cyclic N) is 1. The van der Waals surface area contributed by atoms with Gasteiger partial charge in [0.1, 0.15) is 29.2 Å². The van der Waals surface area contributed by atoms with Gasteiger partial charge in [-0.25, -0.2) is 14.4 Å². The molecule has 4 heterocycles. The van der Waals surface area contributed by atoms with Crippen LogP contribution in [0.25, 0.3) is 33.7 Å². The van der Waals surface area contributed by atoms with E-state index < -0.39 is 35.8 Å². The maximum absolute atomic E-state index is 16.6. The molecule has 2 fully saturated rings. The summed E-state index contributed by atoms with van der Waals surface area (Å²) in [6.07, 6.45) is -3.84. The summed E-state index contributed by atoms with van der Waals surface area (Å²) in [5.41, 5.74) is 2.48. The highest BCUT2D eigenvalue weighted by molar-refractivity contribution is 5.84. The van der Waals surface area contributed by atoms with Crippen LogP contribution in [0.1, 0.15) is 65.4 Å². The van der Waals surface area contributed by atoms with E-state index in [4.69, 9.17) is 13.9 Å². The molecule has 3 atom stereocenters. The van der Waals surface area contributed by atoms with Crippen LogP contribution >= 0.6 is 0 Å². The molecule has 1 amide bonds. The third kappa shape index (κ3) is 7.37. The zero-order valence-corrected chi connectivity index (χ0v) is 30.3. The first kappa shape index (κ1) is 37.3. The van der Waals surface area contributed by atoms with Crippen molar-refractivity contribution < 1.29 is 41.4 Å². The molecule has 3 N–H and O–H groups in total. The molecule has 2 saturated heterocycles. The van der Waals surface area contributed by atoms with Crippen LogP contribution in [0.3, 0.4) is 0 Å². The van der Waals surface area contributed by atoms with E-state index >= 15 is 4.39 Å². The van der Waals surface area contributed by atoms with Crippen molar-refractivity contribution in [3.8, 4) is 40.4 Å². The van der Waals surface area contributed by atoms with Crippen molar-refractivity contribution in [2.75, 3.05) is 26.7 Å². The van der Waals surface area contributed by atoms with Gasteiger partial charge in [-0.05, 0) is 66.1 Å². The monoisotopic (exact) mass is 771 g/mol. The summed E-state index contributed by atoms with van der Waals surface area (Å²) in [5.74, 6) is -1.43. The Morgan fingerprint density at radius 3 is 2.59 bits per heavy atom. The number of hydrogen-bond acceptors (Lipinski definition) is 11. The number of alkyl halides is 3.